The quantitative estimate of drug-likeness (QED) is 0.142. The number of halogens is 6. The van der Waals surface area contributed by atoms with Gasteiger partial charge in [0.05, 0.1) is 0 Å². The van der Waals surface area contributed by atoms with Crippen LogP contribution in [0.2, 0.25) is 0 Å². The van der Waals surface area contributed by atoms with E-state index in [1.807, 2.05) is 0 Å². The molecule has 0 saturated heterocycles. The molecule has 0 amide bonds. The predicted molar refractivity (Wildman–Crippen MR) is 85.2 cm³/mol. The van der Waals surface area contributed by atoms with Gasteiger partial charge in [-0.15, -0.1) is 0 Å². The first kappa shape index (κ1) is 21.4. The van der Waals surface area contributed by atoms with Crippen LogP contribution in [0.3, 0.4) is 0 Å². The molecule has 0 aliphatic carbocycles. The Morgan fingerprint density at radius 3 is 1.71 bits per heavy atom. The third kappa shape index (κ3) is 7.46. The van der Waals surface area contributed by atoms with E-state index in [1.165, 1.54) is 26.2 Å². The molecule has 21 heavy (non-hydrogen) atoms. The molecule has 0 bridgehead atoms. The summed E-state index contributed by atoms with van der Waals surface area (Å²) in [5.74, 6) is -6.22. The Hall–Kier alpha value is 0.380. The predicted octanol–water partition coefficient (Wildman–Crippen LogP) is 7.15. The Balaban J connectivity index is 4.15. The fraction of sp³-hybridized carbons (Fsp3) is 1.00. The monoisotopic (exact) mass is 428 g/mol. The van der Waals surface area contributed by atoms with Crippen molar-refractivity contribution in [3.8, 4) is 0 Å². The molecule has 2 unspecified atom stereocenters. The second kappa shape index (κ2) is 10.2. The van der Waals surface area contributed by atoms with E-state index < -0.39 is 21.9 Å². The average molecular weight is 428 g/mol. The van der Waals surface area contributed by atoms with Gasteiger partial charge < -0.3 is 0 Å². The molecule has 2 atom stereocenters. The Kier molecular flexibility index (Phi) is 10.4. The molecule has 0 aromatic carbocycles. The first-order chi connectivity index (χ1) is 9.68. The number of hydrogen-bond acceptors (Lipinski definition) is 0. The highest BCUT2D eigenvalue weighted by atomic mass is 127. The average Bonchev–Trinajstić information content (AvgIpc) is 2.36. The van der Waals surface area contributed by atoms with Crippen molar-refractivity contribution < 1.29 is 22.0 Å². The minimum atomic E-state index is -5.45. The van der Waals surface area contributed by atoms with Gasteiger partial charge >= 0.3 is 12.1 Å². The summed E-state index contributed by atoms with van der Waals surface area (Å²) in [5.41, 5.74) is 0. The molecule has 0 fully saturated rings. The molecule has 0 aromatic heterocycles. The lowest BCUT2D eigenvalue weighted by atomic mass is 9.91. The van der Waals surface area contributed by atoms with Crippen LogP contribution in [0.15, 0.2) is 0 Å². The molecule has 0 aromatic rings. The van der Waals surface area contributed by atoms with Crippen LogP contribution in [-0.2, 0) is 0 Å². The van der Waals surface area contributed by atoms with Crippen molar-refractivity contribution in [2.24, 2.45) is 5.92 Å². The summed E-state index contributed by atoms with van der Waals surface area (Å²) < 4.78 is 63.5. The van der Waals surface area contributed by atoms with E-state index in [-0.39, 0.29) is 6.42 Å². The summed E-state index contributed by atoms with van der Waals surface area (Å²) in [7, 11) is 0. The molecule has 128 valence electrons. The molecule has 0 spiro atoms. The summed E-state index contributed by atoms with van der Waals surface area (Å²) >= 11 is 1.76. The number of alkyl halides is 6. The summed E-state index contributed by atoms with van der Waals surface area (Å²) in [6.07, 6.45) is 2.17. The van der Waals surface area contributed by atoms with Crippen LogP contribution in [0.25, 0.3) is 0 Å². The Labute approximate surface area is 138 Å². The van der Waals surface area contributed by atoms with Gasteiger partial charge in [0, 0.05) is 9.84 Å². The Morgan fingerprint density at radius 2 is 1.29 bits per heavy atom. The van der Waals surface area contributed by atoms with Gasteiger partial charge in [0.2, 0.25) is 0 Å². The van der Waals surface area contributed by atoms with E-state index in [0.29, 0.717) is 6.42 Å². The van der Waals surface area contributed by atoms with Gasteiger partial charge in [0.1, 0.15) is 0 Å². The van der Waals surface area contributed by atoms with E-state index in [1.54, 1.807) is 22.6 Å². The van der Waals surface area contributed by atoms with E-state index in [2.05, 4.69) is 6.92 Å². The van der Waals surface area contributed by atoms with Crippen molar-refractivity contribution in [3.05, 3.63) is 0 Å². The van der Waals surface area contributed by atoms with Crippen LogP contribution < -0.4 is 0 Å². The fourth-order valence-corrected chi connectivity index (χ4v) is 3.85. The smallest absolute Gasteiger partial charge is 0.196 e. The lowest BCUT2D eigenvalue weighted by Gasteiger charge is -2.31. The zero-order valence-electron chi connectivity index (χ0n) is 12.8. The maximum Gasteiger partial charge on any atom is 0.453 e. The van der Waals surface area contributed by atoms with Gasteiger partial charge in [-0.25, -0.2) is 0 Å². The summed E-state index contributed by atoms with van der Waals surface area (Å²) in [6, 6.07) is 0. The topological polar surface area (TPSA) is 0 Å². The second-order valence-electron chi connectivity index (χ2n) is 5.56. The van der Waals surface area contributed by atoms with E-state index in [4.69, 9.17) is 0 Å². The minimum absolute atomic E-state index is 0.156. The van der Waals surface area contributed by atoms with Gasteiger partial charge in [-0.3, -0.25) is 0 Å². The van der Waals surface area contributed by atoms with Gasteiger partial charge in [0.15, 0.2) is 0 Å². The fourth-order valence-electron chi connectivity index (χ4n) is 2.45. The molecular formula is C15H26F5I. The molecule has 0 saturated carbocycles. The molecular weight excluding hydrogens is 402 g/mol. The summed E-state index contributed by atoms with van der Waals surface area (Å²) in [5, 5.41) is 0. The number of hydrogen-bond donors (Lipinski definition) is 0. The van der Waals surface area contributed by atoms with Crippen molar-refractivity contribution in [1.29, 1.82) is 0 Å². The highest BCUT2D eigenvalue weighted by Gasteiger charge is 2.62. The normalized spacial score (nSPS) is 16.0. The molecule has 0 nitrogen and oxygen atoms in total. The highest BCUT2D eigenvalue weighted by molar-refractivity contribution is 14.1. The van der Waals surface area contributed by atoms with Gasteiger partial charge in [0.25, 0.3) is 0 Å². The number of unbranched alkanes of at least 4 members (excludes halogenated alkanes) is 6. The van der Waals surface area contributed by atoms with E-state index >= 15 is 0 Å². The van der Waals surface area contributed by atoms with Crippen LogP contribution in [0, 0.1) is 5.92 Å². The SMILES string of the molecule is CCCCCCCCCC(I)C(CC)C(F)(F)C(F)(F)F. The maximum absolute atomic E-state index is 13.4. The molecule has 0 N–H and O–H groups in total. The molecule has 0 rings (SSSR count). The van der Waals surface area contributed by atoms with Crippen molar-refractivity contribution in [1.82, 2.24) is 0 Å². The van der Waals surface area contributed by atoms with Crippen molar-refractivity contribution in [3.63, 3.8) is 0 Å². The maximum atomic E-state index is 13.4. The summed E-state index contributed by atoms with van der Waals surface area (Å²) in [6.45, 7) is 3.53. The lowest BCUT2D eigenvalue weighted by molar-refractivity contribution is -0.302. The standard InChI is InChI=1S/C15H26F5I/c1-3-5-6-7-8-9-10-11-13(21)12(4-2)14(16,17)15(18,19)20/h12-13H,3-11H2,1-2H3. The zero-order valence-corrected chi connectivity index (χ0v) is 14.9. The van der Waals surface area contributed by atoms with Crippen LogP contribution in [0.1, 0.15) is 71.6 Å². The first-order valence-corrected chi connectivity index (χ1v) is 9.01. The van der Waals surface area contributed by atoms with Crippen LogP contribution in [-0.4, -0.2) is 16.0 Å². The second-order valence-corrected chi connectivity index (χ2v) is 7.16. The van der Waals surface area contributed by atoms with Crippen LogP contribution in [0.5, 0.6) is 0 Å². The molecule has 0 radical (unpaired) electrons. The van der Waals surface area contributed by atoms with Crippen molar-refractivity contribution in [2.75, 3.05) is 0 Å². The Bertz CT molecular complexity index is 265. The van der Waals surface area contributed by atoms with E-state index in [0.717, 1.165) is 25.7 Å². The molecule has 0 aliphatic heterocycles. The first-order valence-electron chi connectivity index (χ1n) is 7.77. The van der Waals surface area contributed by atoms with E-state index in [9.17, 15) is 22.0 Å². The van der Waals surface area contributed by atoms with Gasteiger partial charge in [-0.05, 0) is 12.8 Å². The highest BCUT2D eigenvalue weighted by Crippen LogP contribution is 2.46. The zero-order chi connectivity index (χ0) is 16.5. The van der Waals surface area contributed by atoms with Crippen LogP contribution in [0.4, 0.5) is 22.0 Å². The molecule has 0 heterocycles. The number of rotatable bonds is 11. The summed E-state index contributed by atoms with van der Waals surface area (Å²) in [4.78, 5) is 0. The van der Waals surface area contributed by atoms with Gasteiger partial charge in [-0.2, -0.15) is 22.0 Å². The third-order valence-electron chi connectivity index (χ3n) is 3.80. The molecule has 0 aliphatic rings. The van der Waals surface area contributed by atoms with Gasteiger partial charge in [-0.1, -0.05) is 81.4 Å². The van der Waals surface area contributed by atoms with Crippen molar-refractivity contribution >= 4 is 22.6 Å². The Morgan fingerprint density at radius 1 is 0.810 bits per heavy atom. The minimum Gasteiger partial charge on any atom is -0.196 e. The lowest BCUT2D eigenvalue weighted by Crippen LogP contribution is -2.46. The largest absolute Gasteiger partial charge is 0.453 e. The molecule has 6 heteroatoms. The van der Waals surface area contributed by atoms with Crippen LogP contribution >= 0.6 is 22.6 Å². The van der Waals surface area contributed by atoms with Crippen molar-refractivity contribution in [2.45, 2.75) is 87.7 Å². The third-order valence-corrected chi connectivity index (χ3v) is 5.29.